The molecule has 2 aliphatic heterocycles. The average molecular weight is 453 g/mol. The maximum Gasteiger partial charge on any atom is 0.248 e. The summed E-state index contributed by atoms with van der Waals surface area (Å²) in [5.74, 6) is -1.56. The number of halogens is 2. The smallest absolute Gasteiger partial charge is 0.248 e. The van der Waals surface area contributed by atoms with Crippen LogP contribution in [0.4, 0.5) is 8.78 Å². The molecule has 0 bridgehead atoms. The molecule has 1 aromatic rings. The number of benzene rings is 1. The van der Waals surface area contributed by atoms with Crippen LogP contribution in [0.2, 0.25) is 0 Å². The summed E-state index contributed by atoms with van der Waals surface area (Å²) in [6.45, 7) is 5.67. The molecule has 1 saturated heterocycles. The number of nitrogens with zero attached hydrogens (tertiary/aromatic N) is 2. The second-order valence-electron chi connectivity index (χ2n) is 9.38. The summed E-state index contributed by atoms with van der Waals surface area (Å²) in [6, 6.07) is 6.00. The van der Waals surface area contributed by atoms with Crippen LogP contribution in [0.15, 0.2) is 23.1 Å². The standard InChI is InChI=1S/C24H34F2N2O2S/c1-17-8-9-22-21(16-17)30-18(2)6-3-4-14-27(19-10-12-24(25,26)13-11-19)23(29)20-7-5-15-28(20)31-22/h8-9,16,18-20H,3-7,10-15H2,1-2H3. The van der Waals surface area contributed by atoms with E-state index in [1.807, 2.05) is 4.90 Å². The van der Waals surface area contributed by atoms with Crippen LogP contribution in [-0.2, 0) is 4.79 Å². The minimum Gasteiger partial charge on any atom is -0.489 e. The minimum absolute atomic E-state index is 0.0617. The Hall–Kier alpha value is -1.34. The van der Waals surface area contributed by atoms with E-state index in [2.05, 4.69) is 36.4 Å². The second-order valence-corrected chi connectivity index (χ2v) is 10.5. The van der Waals surface area contributed by atoms with Crippen LogP contribution < -0.4 is 4.74 Å². The molecule has 0 radical (unpaired) electrons. The fraction of sp³-hybridized carbons (Fsp3) is 0.708. The third-order valence-corrected chi connectivity index (χ3v) is 8.01. The van der Waals surface area contributed by atoms with Gasteiger partial charge in [-0.15, -0.1) is 0 Å². The highest BCUT2D eigenvalue weighted by molar-refractivity contribution is 7.97. The molecule has 2 atom stereocenters. The quantitative estimate of drug-likeness (QED) is 0.503. The van der Waals surface area contributed by atoms with Gasteiger partial charge in [-0.2, -0.15) is 0 Å². The molecule has 4 nitrogen and oxygen atoms in total. The summed E-state index contributed by atoms with van der Waals surface area (Å²) in [4.78, 5) is 16.7. The van der Waals surface area contributed by atoms with Gasteiger partial charge in [-0.05, 0) is 88.4 Å². The molecule has 0 aromatic heterocycles. The monoisotopic (exact) mass is 452 g/mol. The summed E-state index contributed by atoms with van der Waals surface area (Å²) in [6.07, 6.45) is 5.22. The van der Waals surface area contributed by atoms with E-state index in [4.69, 9.17) is 4.74 Å². The van der Waals surface area contributed by atoms with Crippen molar-refractivity contribution in [3.63, 3.8) is 0 Å². The molecule has 1 amide bonds. The van der Waals surface area contributed by atoms with Crippen LogP contribution in [0, 0.1) is 6.92 Å². The first kappa shape index (κ1) is 22.8. The van der Waals surface area contributed by atoms with Gasteiger partial charge < -0.3 is 9.64 Å². The van der Waals surface area contributed by atoms with Crippen molar-refractivity contribution in [2.75, 3.05) is 13.1 Å². The van der Waals surface area contributed by atoms with Gasteiger partial charge in [-0.3, -0.25) is 4.79 Å². The highest BCUT2D eigenvalue weighted by atomic mass is 32.2. The Kier molecular flexibility index (Phi) is 7.11. The zero-order valence-electron chi connectivity index (χ0n) is 18.6. The lowest BCUT2D eigenvalue weighted by atomic mass is 9.90. The maximum atomic E-state index is 13.7. The zero-order valence-corrected chi connectivity index (χ0v) is 19.4. The van der Waals surface area contributed by atoms with Gasteiger partial charge in [0.2, 0.25) is 11.8 Å². The van der Waals surface area contributed by atoms with Crippen LogP contribution >= 0.6 is 11.9 Å². The third-order valence-electron chi connectivity index (χ3n) is 6.80. The molecule has 7 heteroatoms. The zero-order chi connectivity index (χ0) is 22.0. The summed E-state index contributed by atoms with van der Waals surface area (Å²) in [5, 5.41) is 0. The van der Waals surface area contributed by atoms with Gasteiger partial charge in [0.15, 0.2) is 0 Å². The molecule has 1 aliphatic carbocycles. The predicted octanol–water partition coefficient (Wildman–Crippen LogP) is 5.82. The number of alkyl halides is 2. The number of aryl methyl sites for hydroxylation is 1. The lowest BCUT2D eigenvalue weighted by molar-refractivity contribution is -0.140. The van der Waals surface area contributed by atoms with Gasteiger partial charge >= 0.3 is 0 Å². The summed E-state index contributed by atoms with van der Waals surface area (Å²) >= 11 is 1.61. The van der Waals surface area contributed by atoms with Crippen LogP contribution in [0.1, 0.15) is 70.3 Å². The van der Waals surface area contributed by atoms with E-state index in [-0.39, 0.29) is 36.9 Å². The molecule has 1 saturated carbocycles. The normalized spacial score (nSPS) is 28.6. The van der Waals surface area contributed by atoms with Gasteiger partial charge in [0.25, 0.3) is 0 Å². The van der Waals surface area contributed by atoms with Crippen molar-refractivity contribution >= 4 is 17.9 Å². The van der Waals surface area contributed by atoms with Gasteiger partial charge in [-0.25, -0.2) is 13.1 Å². The van der Waals surface area contributed by atoms with E-state index in [0.717, 1.165) is 54.9 Å². The highest BCUT2D eigenvalue weighted by Crippen LogP contribution is 2.40. The van der Waals surface area contributed by atoms with E-state index < -0.39 is 5.92 Å². The molecule has 4 rings (SSSR count). The SMILES string of the molecule is Cc1ccc2c(c1)OC(C)CCCCN(C1CCC(F)(F)CC1)C(=O)C1CCCN1S2. The van der Waals surface area contributed by atoms with Crippen LogP contribution in [0.25, 0.3) is 0 Å². The Morgan fingerprint density at radius 2 is 1.84 bits per heavy atom. The molecule has 3 aliphatic rings. The van der Waals surface area contributed by atoms with Crippen molar-refractivity contribution in [1.29, 1.82) is 0 Å². The lowest BCUT2D eigenvalue weighted by Gasteiger charge is -2.39. The number of amides is 1. The van der Waals surface area contributed by atoms with Gasteiger partial charge in [0, 0.05) is 32.0 Å². The summed E-state index contributed by atoms with van der Waals surface area (Å²) in [5.41, 5.74) is 1.16. The number of carbonyl (C=O) groups is 1. The van der Waals surface area contributed by atoms with Crippen LogP contribution in [0.5, 0.6) is 5.75 Å². The summed E-state index contributed by atoms with van der Waals surface area (Å²) < 4.78 is 36.0. The average Bonchev–Trinajstić information content (AvgIpc) is 3.18. The number of rotatable bonds is 1. The van der Waals surface area contributed by atoms with E-state index in [1.54, 1.807) is 11.9 Å². The molecular weight excluding hydrogens is 418 g/mol. The predicted molar refractivity (Wildman–Crippen MR) is 120 cm³/mol. The Bertz CT molecular complexity index is 781. The maximum absolute atomic E-state index is 13.7. The van der Waals surface area contributed by atoms with Crippen molar-refractivity contribution < 1.29 is 18.3 Å². The van der Waals surface area contributed by atoms with Crippen molar-refractivity contribution in [3.8, 4) is 5.75 Å². The molecule has 2 unspecified atom stereocenters. The Labute approximate surface area is 188 Å². The number of carbonyl (C=O) groups excluding carboxylic acids is 1. The number of ether oxygens (including phenoxy) is 1. The minimum atomic E-state index is -2.58. The number of fused-ring (bicyclic) bond motifs is 2. The van der Waals surface area contributed by atoms with Crippen molar-refractivity contribution in [1.82, 2.24) is 9.21 Å². The first-order valence-electron chi connectivity index (χ1n) is 11.7. The topological polar surface area (TPSA) is 32.8 Å². The molecular formula is C24H34F2N2O2S. The third kappa shape index (κ3) is 5.54. The number of hydrogen-bond donors (Lipinski definition) is 0. The van der Waals surface area contributed by atoms with Gasteiger partial charge in [-0.1, -0.05) is 6.07 Å². The van der Waals surface area contributed by atoms with Crippen molar-refractivity contribution in [3.05, 3.63) is 23.8 Å². The first-order valence-corrected chi connectivity index (χ1v) is 12.5. The second kappa shape index (κ2) is 9.65. The molecule has 1 aromatic carbocycles. The van der Waals surface area contributed by atoms with Gasteiger partial charge in [0.1, 0.15) is 5.75 Å². The molecule has 0 spiro atoms. The first-order chi connectivity index (χ1) is 14.8. The molecule has 2 fully saturated rings. The van der Waals surface area contributed by atoms with E-state index in [0.29, 0.717) is 19.4 Å². The van der Waals surface area contributed by atoms with E-state index in [1.165, 1.54) is 0 Å². The van der Waals surface area contributed by atoms with E-state index >= 15 is 0 Å². The molecule has 0 N–H and O–H groups in total. The highest BCUT2D eigenvalue weighted by Gasteiger charge is 2.41. The molecule has 31 heavy (non-hydrogen) atoms. The molecule has 172 valence electrons. The largest absolute Gasteiger partial charge is 0.489 e. The molecule has 2 heterocycles. The van der Waals surface area contributed by atoms with Crippen LogP contribution in [0.3, 0.4) is 0 Å². The van der Waals surface area contributed by atoms with E-state index in [9.17, 15) is 13.6 Å². The summed E-state index contributed by atoms with van der Waals surface area (Å²) in [7, 11) is 0. The Morgan fingerprint density at radius 3 is 2.61 bits per heavy atom. The Balaban J connectivity index is 1.58. The fourth-order valence-electron chi connectivity index (χ4n) is 5.00. The van der Waals surface area contributed by atoms with Crippen LogP contribution in [-0.4, -0.2) is 52.3 Å². The fourth-order valence-corrected chi connectivity index (χ4v) is 6.12. The lowest BCUT2D eigenvalue weighted by Crippen LogP contribution is -2.50. The Morgan fingerprint density at radius 1 is 1.06 bits per heavy atom. The van der Waals surface area contributed by atoms with Gasteiger partial charge in [0.05, 0.1) is 17.0 Å². The number of hydrogen-bond acceptors (Lipinski definition) is 4. The van der Waals surface area contributed by atoms with Crippen molar-refractivity contribution in [2.24, 2.45) is 0 Å². The van der Waals surface area contributed by atoms with Crippen molar-refractivity contribution in [2.45, 2.75) is 101 Å².